The van der Waals surface area contributed by atoms with Crippen LogP contribution in [0.5, 0.6) is 0 Å². The molecule has 2 nitrogen and oxygen atoms in total. The van der Waals surface area contributed by atoms with Gasteiger partial charge in [0.15, 0.2) is 0 Å². The Balaban J connectivity index is 2.49. The van der Waals surface area contributed by atoms with E-state index < -0.39 is 0 Å². The second-order valence-electron chi connectivity index (χ2n) is 5.55. The molecule has 0 bridgehead atoms. The number of hydrogen-bond donors (Lipinski definition) is 1. The maximum absolute atomic E-state index is 6.32. The van der Waals surface area contributed by atoms with Gasteiger partial charge in [-0.3, -0.25) is 0 Å². The molecule has 4 heteroatoms. The molecule has 0 amide bonds. The normalized spacial score (nSPS) is 11.8. The number of methoxy groups -OCH3 is 1. The van der Waals surface area contributed by atoms with E-state index in [9.17, 15) is 0 Å². The van der Waals surface area contributed by atoms with Crippen LogP contribution >= 0.6 is 23.4 Å². The third-order valence-corrected chi connectivity index (χ3v) is 4.03. The molecule has 0 heterocycles. The molecule has 0 aromatic heterocycles. The highest BCUT2D eigenvalue weighted by molar-refractivity contribution is 7.99. The van der Waals surface area contributed by atoms with Crippen molar-refractivity contribution in [1.82, 2.24) is 5.32 Å². The van der Waals surface area contributed by atoms with E-state index >= 15 is 0 Å². The van der Waals surface area contributed by atoms with Crippen molar-refractivity contribution in [2.45, 2.75) is 44.2 Å². The topological polar surface area (TPSA) is 21.3 Å². The highest BCUT2D eigenvalue weighted by Crippen LogP contribution is 2.25. The second-order valence-corrected chi connectivity index (χ2v) is 7.13. The minimum atomic E-state index is 0.108. The van der Waals surface area contributed by atoms with Crippen molar-refractivity contribution in [3.63, 3.8) is 0 Å². The minimum Gasteiger partial charge on any atom is -0.385 e. The summed E-state index contributed by atoms with van der Waals surface area (Å²) in [7, 11) is 1.73. The van der Waals surface area contributed by atoms with E-state index in [1.165, 1.54) is 4.90 Å². The maximum Gasteiger partial charge on any atom is 0.0470 e. The van der Waals surface area contributed by atoms with Crippen molar-refractivity contribution in [2.75, 3.05) is 19.5 Å². The summed E-state index contributed by atoms with van der Waals surface area (Å²) in [5.74, 6) is 1.06. The molecule has 1 rings (SSSR count). The summed E-state index contributed by atoms with van der Waals surface area (Å²) < 4.78 is 5.04. The van der Waals surface area contributed by atoms with Crippen LogP contribution in [0.25, 0.3) is 0 Å². The molecule has 0 aliphatic heterocycles. The third-order valence-electron chi connectivity index (χ3n) is 2.60. The molecule has 0 spiro atoms. The molecule has 0 aliphatic carbocycles. The third kappa shape index (κ3) is 7.21. The van der Waals surface area contributed by atoms with Gasteiger partial charge in [-0.2, -0.15) is 0 Å². The lowest BCUT2D eigenvalue weighted by Gasteiger charge is -2.21. The van der Waals surface area contributed by atoms with E-state index in [-0.39, 0.29) is 5.54 Å². The first kappa shape index (κ1) is 16.8. The van der Waals surface area contributed by atoms with E-state index in [1.54, 1.807) is 7.11 Å². The van der Waals surface area contributed by atoms with Gasteiger partial charge in [-0.15, -0.1) is 11.8 Å². The molecule has 0 radical (unpaired) electrons. The Morgan fingerprint density at radius 3 is 2.63 bits per heavy atom. The lowest BCUT2D eigenvalue weighted by molar-refractivity contribution is 0.200. The van der Waals surface area contributed by atoms with Crippen LogP contribution in [-0.2, 0) is 11.3 Å². The van der Waals surface area contributed by atoms with E-state index in [4.69, 9.17) is 16.3 Å². The zero-order chi connectivity index (χ0) is 14.3. The Morgan fingerprint density at radius 2 is 2.05 bits per heavy atom. The maximum atomic E-state index is 6.32. The Labute approximate surface area is 126 Å². The largest absolute Gasteiger partial charge is 0.385 e. The molecule has 0 saturated heterocycles. The highest BCUT2D eigenvalue weighted by atomic mass is 35.5. The predicted octanol–water partition coefficient (Wildman–Crippen LogP) is 4.36. The van der Waals surface area contributed by atoms with Gasteiger partial charge < -0.3 is 10.1 Å². The summed E-state index contributed by atoms with van der Waals surface area (Å²) in [6, 6.07) is 6.31. The van der Waals surface area contributed by atoms with E-state index in [0.717, 1.165) is 35.9 Å². The number of hydrogen-bond acceptors (Lipinski definition) is 3. The average molecular weight is 302 g/mol. The van der Waals surface area contributed by atoms with Crippen LogP contribution in [0, 0.1) is 0 Å². The number of benzene rings is 1. The van der Waals surface area contributed by atoms with Crippen molar-refractivity contribution in [2.24, 2.45) is 0 Å². The number of rotatable bonds is 7. The smallest absolute Gasteiger partial charge is 0.0470 e. The summed E-state index contributed by atoms with van der Waals surface area (Å²) in [6.45, 7) is 8.08. The van der Waals surface area contributed by atoms with Gasteiger partial charge >= 0.3 is 0 Å². The number of nitrogens with one attached hydrogen (secondary N) is 1. The van der Waals surface area contributed by atoms with Gasteiger partial charge in [-0.1, -0.05) is 17.7 Å². The van der Waals surface area contributed by atoms with Crippen molar-refractivity contribution >= 4 is 23.4 Å². The standard InChI is InChI=1S/C15H24ClNOS/c1-15(2,3)17-11-12-6-7-13(10-14(12)16)19-9-5-8-18-4/h6-7,10,17H,5,8-9,11H2,1-4H3. The first-order valence-electron chi connectivity index (χ1n) is 6.57. The summed E-state index contributed by atoms with van der Waals surface area (Å²) in [4.78, 5) is 1.22. The molecule has 0 fully saturated rings. The Hall–Kier alpha value is -0.220. The van der Waals surface area contributed by atoms with Crippen LogP contribution in [0.2, 0.25) is 5.02 Å². The average Bonchev–Trinajstić information content (AvgIpc) is 2.32. The fourth-order valence-corrected chi connectivity index (χ4v) is 2.69. The quantitative estimate of drug-likeness (QED) is 0.597. The molecular formula is C15H24ClNOS. The van der Waals surface area contributed by atoms with Crippen molar-refractivity contribution in [3.8, 4) is 0 Å². The van der Waals surface area contributed by atoms with Crippen molar-refractivity contribution in [3.05, 3.63) is 28.8 Å². The first-order chi connectivity index (χ1) is 8.92. The SMILES string of the molecule is COCCCSc1ccc(CNC(C)(C)C)c(Cl)c1. The fourth-order valence-electron chi connectivity index (χ4n) is 1.51. The molecular weight excluding hydrogens is 278 g/mol. The molecule has 0 saturated carbocycles. The Kier molecular flexibility index (Phi) is 7.22. The first-order valence-corrected chi connectivity index (χ1v) is 7.94. The van der Waals surface area contributed by atoms with Crippen molar-refractivity contribution in [1.29, 1.82) is 0 Å². The van der Waals surface area contributed by atoms with Crippen LogP contribution in [0.4, 0.5) is 0 Å². The molecule has 108 valence electrons. The fraction of sp³-hybridized carbons (Fsp3) is 0.600. The van der Waals surface area contributed by atoms with E-state index in [0.29, 0.717) is 0 Å². The number of thioether (sulfide) groups is 1. The molecule has 1 aromatic carbocycles. The second kappa shape index (κ2) is 8.15. The zero-order valence-electron chi connectivity index (χ0n) is 12.3. The van der Waals surface area contributed by atoms with Gasteiger partial charge in [0.05, 0.1) is 0 Å². The van der Waals surface area contributed by atoms with Crippen molar-refractivity contribution < 1.29 is 4.74 Å². The summed E-state index contributed by atoms with van der Waals surface area (Å²) >= 11 is 8.14. The molecule has 1 N–H and O–H groups in total. The highest BCUT2D eigenvalue weighted by Gasteiger charge is 2.10. The summed E-state index contributed by atoms with van der Waals surface area (Å²) in [6.07, 6.45) is 1.06. The van der Waals surface area contributed by atoms with Gasteiger partial charge in [0.25, 0.3) is 0 Å². The number of ether oxygens (including phenoxy) is 1. The lowest BCUT2D eigenvalue weighted by Crippen LogP contribution is -2.35. The molecule has 0 atom stereocenters. The van der Waals surface area contributed by atoms with Crippen LogP contribution in [0.3, 0.4) is 0 Å². The molecule has 1 aromatic rings. The van der Waals surface area contributed by atoms with E-state index in [1.807, 2.05) is 11.8 Å². The van der Waals surface area contributed by atoms with Gasteiger partial charge in [0, 0.05) is 41.5 Å². The van der Waals surface area contributed by atoms with Gasteiger partial charge in [0.1, 0.15) is 0 Å². The van der Waals surface area contributed by atoms with Crippen LogP contribution in [-0.4, -0.2) is 25.0 Å². The summed E-state index contributed by atoms with van der Waals surface area (Å²) in [5.41, 5.74) is 1.26. The predicted molar refractivity (Wildman–Crippen MR) is 85.3 cm³/mol. The Bertz CT molecular complexity index is 390. The minimum absolute atomic E-state index is 0.108. The van der Waals surface area contributed by atoms with Crippen LogP contribution in [0.15, 0.2) is 23.1 Å². The summed E-state index contributed by atoms with van der Waals surface area (Å²) in [5, 5.41) is 4.29. The van der Waals surface area contributed by atoms with Gasteiger partial charge in [-0.05, 0) is 44.9 Å². The van der Waals surface area contributed by atoms with Gasteiger partial charge in [0.2, 0.25) is 0 Å². The zero-order valence-corrected chi connectivity index (χ0v) is 13.8. The Morgan fingerprint density at radius 1 is 1.32 bits per heavy atom. The van der Waals surface area contributed by atoms with E-state index in [2.05, 4.69) is 44.3 Å². The van der Waals surface area contributed by atoms with Gasteiger partial charge in [-0.25, -0.2) is 0 Å². The molecule has 0 aliphatic rings. The van der Waals surface area contributed by atoms with Crippen LogP contribution < -0.4 is 5.32 Å². The number of halogens is 1. The molecule has 19 heavy (non-hydrogen) atoms. The van der Waals surface area contributed by atoms with Crippen LogP contribution in [0.1, 0.15) is 32.8 Å². The lowest BCUT2D eigenvalue weighted by atomic mass is 10.1. The monoisotopic (exact) mass is 301 g/mol. The molecule has 0 unspecified atom stereocenters.